The smallest absolute Gasteiger partial charge is 0.171 e. The molecule has 0 fully saturated rings. The Morgan fingerprint density at radius 2 is 2.00 bits per heavy atom. The highest BCUT2D eigenvalue weighted by molar-refractivity contribution is 7.80. The molecule has 0 heterocycles. The Labute approximate surface area is 137 Å². The summed E-state index contributed by atoms with van der Waals surface area (Å²) < 4.78 is 0. The van der Waals surface area contributed by atoms with Gasteiger partial charge in [-0.2, -0.15) is 5.26 Å². The van der Waals surface area contributed by atoms with E-state index in [0.717, 1.165) is 11.4 Å². The third kappa shape index (κ3) is 4.84. The molecular weight excluding hydrogens is 298 g/mol. The third-order valence-corrected chi connectivity index (χ3v) is 3.37. The molecule has 6 nitrogen and oxygen atoms in total. The van der Waals surface area contributed by atoms with Crippen LogP contribution in [0, 0.1) is 11.3 Å². The Kier molecular flexibility index (Phi) is 6.11. The zero-order valence-corrected chi connectivity index (χ0v) is 14.5. The number of hydrazine groups is 1. The second kappa shape index (κ2) is 7.40. The molecule has 1 rings (SSSR count). The molecule has 0 aliphatic rings. The van der Waals surface area contributed by atoms with Gasteiger partial charge in [0.2, 0.25) is 0 Å². The summed E-state index contributed by atoms with van der Waals surface area (Å²) in [7, 11) is 5.70. The Morgan fingerprint density at radius 3 is 2.50 bits per heavy atom. The molecule has 1 aromatic rings. The molecule has 0 radical (unpaired) electrons. The first-order valence-corrected chi connectivity index (χ1v) is 7.26. The minimum Gasteiger partial charge on any atom is -0.394 e. The van der Waals surface area contributed by atoms with Gasteiger partial charge in [-0.05, 0) is 44.3 Å². The van der Waals surface area contributed by atoms with Gasteiger partial charge < -0.3 is 20.7 Å². The minimum atomic E-state index is -0.507. The van der Waals surface area contributed by atoms with Crippen molar-refractivity contribution in [1.29, 1.82) is 5.26 Å². The fraction of sp³-hybridized carbons (Fsp3) is 0.467. The first kappa shape index (κ1) is 18.2. The van der Waals surface area contributed by atoms with E-state index in [0.29, 0.717) is 10.7 Å². The van der Waals surface area contributed by atoms with Gasteiger partial charge in [-0.15, -0.1) is 0 Å². The average molecular weight is 321 g/mol. The van der Waals surface area contributed by atoms with E-state index in [9.17, 15) is 10.4 Å². The van der Waals surface area contributed by atoms with E-state index in [1.165, 1.54) is 0 Å². The molecule has 0 unspecified atom stereocenters. The zero-order chi connectivity index (χ0) is 16.9. The van der Waals surface area contributed by atoms with E-state index < -0.39 is 5.54 Å². The molecule has 120 valence electrons. The molecule has 0 bridgehead atoms. The number of thiocarbonyl (C=S) groups is 1. The van der Waals surface area contributed by atoms with E-state index >= 15 is 0 Å². The van der Waals surface area contributed by atoms with Gasteiger partial charge in [0.05, 0.1) is 23.4 Å². The van der Waals surface area contributed by atoms with Gasteiger partial charge >= 0.3 is 0 Å². The predicted molar refractivity (Wildman–Crippen MR) is 93.8 cm³/mol. The molecule has 0 saturated heterocycles. The number of hydrogen-bond donors (Lipinski definition) is 3. The largest absolute Gasteiger partial charge is 0.394 e. The lowest BCUT2D eigenvalue weighted by molar-refractivity contribution is 0.207. The molecule has 22 heavy (non-hydrogen) atoms. The molecule has 0 saturated carbocycles. The molecule has 3 N–H and O–H groups in total. The van der Waals surface area contributed by atoms with E-state index in [2.05, 4.69) is 16.7 Å². The molecule has 0 amide bonds. The number of hydrogen-bond acceptors (Lipinski definition) is 5. The van der Waals surface area contributed by atoms with E-state index in [4.69, 9.17) is 12.2 Å². The maximum atomic E-state index is 9.33. The first-order valence-electron chi connectivity index (χ1n) is 6.85. The number of nitrogens with zero attached hydrogens (tertiary/aromatic N) is 3. The monoisotopic (exact) mass is 321 g/mol. The van der Waals surface area contributed by atoms with Crippen molar-refractivity contribution < 1.29 is 5.11 Å². The second-order valence-electron chi connectivity index (χ2n) is 5.84. The van der Waals surface area contributed by atoms with Crippen molar-refractivity contribution in [1.82, 2.24) is 10.3 Å². The number of nitriles is 1. The number of rotatable bonds is 5. The lowest BCUT2D eigenvalue weighted by atomic mass is 10.1. The summed E-state index contributed by atoms with van der Waals surface area (Å²) >= 11 is 5.22. The quantitative estimate of drug-likeness (QED) is 0.561. The Balaban J connectivity index is 2.91. The molecule has 7 heteroatoms. The summed E-state index contributed by atoms with van der Waals surface area (Å²) in [6.45, 7) is 3.65. The second-order valence-corrected chi connectivity index (χ2v) is 6.24. The Morgan fingerprint density at radius 1 is 1.36 bits per heavy atom. The maximum Gasteiger partial charge on any atom is 0.171 e. The van der Waals surface area contributed by atoms with Crippen molar-refractivity contribution >= 4 is 28.7 Å². The summed E-state index contributed by atoms with van der Waals surface area (Å²) in [6.07, 6.45) is 0. The number of anilines is 2. The fourth-order valence-electron chi connectivity index (χ4n) is 1.71. The van der Waals surface area contributed by atoms with E-state index in [1.54, 1.807) is 6.07 Å². The zero-order valence-electron chi connectivity index (χ0n) is 13.6. The van der Waals surface area contributed by atoms with Gasteiger partial charge in [0.1, 0.15) is 6.07 Å². The highest BCUT2D eigenvalue weighted by Gasteiger charge is 2.17. The van der Waals surface area contributed by atoms with Crippen molar-refractivity contribution in [2.75, 3.05) is 38.1 Å². The lowest BCUT2D eigenvalue weighted by Gasteiger charge is -2.28. The van der Waals surface area contributed by atoms with Crippen LogP contribution in [0.15, 0.2) is 18.2 Å². The topological polar surface area (TPSA) is 74.6 Å². The summed E-state index contributed by atoms with van der Waals surface area (Å²) in [4.78, 5) is 0. The van der Waals surface area contributed by atoms with Crippen LogP contribution in [-0.2, 0) is 0 Å². The third-order valence-electron chi connectivity index (χ3n) is 3.17. The van der Waals surface area contributed by atoms with Gasteiger partial charge in [-0.25, -0.2) is 5.01 Å². The lowest BCUT2D eigenvalue weighted by Crippen LogP contribution is -2.48. The summed E-state index contributed by atoms with van der Waals surface area (Å²) in [6, 6.07) is 7.66. The molecule has 0 aliphatic carbocycles. The van der Waals surface area contributed by atoms with Crippen LogP contribution in [-0.4, -0.2) is 48.5 Å². The van der Waals surface area contributed by atoms with E-state index in [1.807, 2.05) is 57.1 Å². The maximum absolute atomic E-state index is 9.33. The molecule has 0 atom stereocenters. The molecular formula is C15H23N5OS. The van der Waals surface area contributed by atoms with Gasteiger partial charge in [-0.3, -0.25) is 0 Å². The summed E-state index contributed by atoms with van der Waals surface area (Å²) in [5, 5.41) is 28.8. The van der Waals surface area contributed by atoms with Crippen molar-refractivity contribution in [3.05, 3.63) is 23.8 Å². The van der Waals surface area contributed by atoms with Crippen LogP contribution in [0.25, 0.3) is 0 Å². The van der Waals surface area contributed by atoms with Crippen molar-refractivity contribution in [3.8, 4) is 6.07 Å². The molecule has 0 spiro atoms. The molecule has 1 aromatic carbocycles. The Bertz CT molecular complexity index is 580. The normalized spacial score (nSPS) is 11.0. The summed E-state index contributed by atoms with van der Waals surface area (Å²) in [5.41, 5.74) is 1.57. The predicted octanol–water partition coefficient (Wildman–Crippen LogP) is 1.53. The SMILES string of the molecule is CN(C)N(C)c1ccc(NC(=S)NC(C)(C)CO)cc1C#N. The number of benzene rings is 1. The van der Waals surface area contributed by atoms with Crippen LogP contribution in [0.4, 0.5) is 11.4 Å². The van der Waals surface area contributed by atoms with Crippen molar-refractivity contribution in [3.63, 3.8) is 0 Å². The Hall–Kier alpha value is -1.88. The van der Waals surface area contributed by atoms with Gasteiger partial charge in [-0.1, -0.05) is 0 Å². The van der Waals surface area contributed by atoms with Crippen LogP contribution in [0.2, 0.25) is 0 Å². The number of aliphatic hydroxyl groups is 1. The summed E-state index contributed by atoms with van der Waals surface area (Å²) in [5.74, 6) is 0. The fourth-order valence-corrected chi connectivity index (χ4v) is 2.10. The van der Waals surface area contributed by atoms with Crippen molar-refractivity contribution in [2.45, 2.75) is 19.4 Å². The highest BCUT2D eigenvalue weighted by atomic mass is 32.1. The van der Waals surface area contributed by atoms with Crippen LogP contribution in [0.5, 0.6) is 0 Å². The average Bonchev–Trinajstić information content (AvgIpc) is 2.45. The van der Waals surface area contributed by atoms with Crippen LogP contribution >= 0.6 is 12.2 Å². The van der Waals surface area contributed by atoms with E-state index in [-0.39, 0.29) is 6.61 Å². The highest BCUT2D eigenvalue weighted by Crippen LogP contribution is 2.23. The standard InChI is InChI=1S/C15H23N5OS/c1-15(2,10-21)18-14(22)17-12-6-7-13(11(8-12)9-16)20(5)19(3)4/h6-8,21H,10H2,1-5H3,(H2,17,18,22). The first-order chi connectivity index (χ1) is 10.2. The number of aliphatic hydroxyl groups excluding tert-OH is 1. The number of nitrogens with one attached hydrogen (secondary N) is 2. The molecule has 0 aliphatic heterocycles. The van der Waals surface area contributed by atoms with Gasteiger partial charge in [0.15, 0.2) is 5.11 Å². The van der Waals surface area contributed by atoms with Crippen LogP contribution < -0.4 is 15.6 Å². The van der Waals surface area contributed by atoms with Crippen LogP contribution in [0.3, 0.4) is 0 Å². The van der Waals surface area contributed by atoms with Crippen molar-refractivity contribution in [2.24, 2.45) is 0 Å². The van der Waals surface area contributed by atoms with Crippen LogP contribution in [0.1, 0.15) is 19.4 Å². The van der Waals surface area contributed by atoms with Gasteiger partial charge in [0.25, 0.3) is 0 Å². The molecule has 0 aromatic heterocycles. The minimum absolute atomic E-state index is 0.0369. The van der Waals surface area contributed by atoms with Gasteiger partial charge in [0, 0.05) is 26.8 Å².